The highest BCUT2D eigenvalue weighted by Gasteiger charge is 2.07. The minimum absolute atomic E-state index is 0.192. The maximum absolute atomic E-state index is 12.3. The van der Waals surface area contributed by atoms with Gasteiger partial charge in [0.15, 0.2) is 0 Å². The average molecular weight is 323 g/mol. The molecular formula is C20H21NO3. The van der Waals surface area contributed by atoms with E-state index in [4.69, 9.17) is 9.47 Å². The normalized spacial score (nSPS) is 9.88. The Morgan fingerprint density at radius 1 is 1.12 bits per heavy atom. The first kappa shape index (κ1) is 17.3. The molecule has 0 saturated heterocycles. The van der Waals surface area contributed by atoms with Gasteiger partial charge in [-0.15, -0.1) is 0 Å². The first-order chi connectivity index (χ1) is 11.6. The standard InChI is InChI=1S/C20H21NO3/c1-4-12-23-19-7-5-6-17(13-19)21-20(22)16-8-10-18(11-9-16)24-14-15(2)3/h4-11,13H,1-2,12,14H2,3H3,(H,21,22). The van der Waals surface area contributed by atoms with Crippen LogP contribution in [-0.2, 0) is 0 Å². The van der Waals surface area contributed by atoms with E-state index >= 15 is 0 Å². The first-order valence-electron chi connectivity index (χ1n) is 7.61. The summed E-state index contributed by atoms with van der Waals surface area (Å²) in [5, 5.41) is 2.85. The van der Waals surface area contributed by atoms with Crippen molar-refractivity contribution in [3.8, 4) is 11.5 Å². The third-order valence-corrected chi connectivity index (χ3v) is 3.06. The summed E-state index contributed by atoms with van der Waals surface area (Å²) in [5.41, 5.74) is 2.16. The Morgan fingerprint density at radius 3 is 2.54 bits per heavy atom. The summed E-state index contributed by atoms with van der Waals surface area (Å²) in [5.74, 6) is 1.19. The van der Waals surface area contributed by atoms with Gasteiger partial charge in [-0.2, -0.15) is 0 Å². The molecule has 0 aliphatic rings. The molecule has 0 radical (unpaired) electrons. The van der Waals surface area contributed by atoms with E-state index in [9.17, 15) is 4.79 Å². The van der Waals surface area contributed by atoms with Crippen LogP contribution in [0.2, 0.25) is 0 Å². The molecule has 0 atom stereocenters. The van der Waals surface area contributed by atoms with Crippen LogP contribution in [0.3, 0.4) is 0 Å². The second-order valence-corrected chi connectivity index (χ2v) is 5.35. The van der Waals surface area contributed by atoms with Crippen LogP contribution in [0.15, 0.2) is 73.3 Å². The molecule has 4 nitrogen and oxygen atoms in total. The fraction of sp³-hybridized carbons (Fsp3) is 0.150. The van der Waals surface area contributed by atoms with E-state index < -0.39 is 0 Å². The van der Waals surface area contributed by atoms with E-state index in [2.05, 4.69) is 18.5 Å². The number of hydrogen-bond donors (Lipinski definition) is 1. The van der Waals surface area contributed by atoms with Crippen molar-refractivity contribution in [1.29, 1.82) is 0 Å². The number of nitrogens with one attached hydrogen (secondary N) is 1. The molecule has 2 rings (SSSR count). The smallest absolute Gasteiger partial charge is 0.255 e. The van der Waals surface area contributed by atoms with Crippen molar-refractivity contribution in [2.45, 2.75) is 6.92 Å². The molecule has 1 N–H and O–H groups in total. The summed E-state index contributed by atoms with van der Waals surface area (Å²) in [7, 11) is 0. The van der Waals surface area contributed by atoms with Gasteiger partial charge in [-0.05, 0) is 48.9 Å². The van der Waals surface area contributed by atoms with Crippen LogP contribution in [0, 0.1) is 0 Å². The summed E-state index contributed by atoms with van der Waals surface area (Å²) >= 11 is 0. The molecule has 4 heteroatoms. The minimum Gasteiger partial charge on any atom is -0.489 e. The summed E-state index contributed by atoms with van der Waals surface area (Å²) in [4.78, 5) is 12.3. The Morgan fingerprint density at radius 2 is 1.88 bits per heavy atom. The van der Waals surface area contributed by atoms with E-state index in [1.54, 1.807) is 36.4 Å². The molecule has 0 heterocycles. The van der Waals surface area contributed by atoms with Crippen molar-refractivity contribution in [2.24, 2.45) is 0 Å². The molecule has 0 aliphatic carbocycles. The van der Waals surface area contributed by atoms with Crippen molar-refractivity contribution >= 4 is 11.6 Å². The van der Waals surface area contributed by atoms with Gasteiger partial charge in [0.25, 0.3) is 5.91 Å². The van der Waals surface area contributed by atoms with E-state index in [1.165, 1.54) is 0 Å². The number of hydrogen-bond acceptors (Lipinski definition) is 3. The minimum atomic E-state index is -0.192. The van der Waals surface area contributed by atoms with Gasteiger partial charge in [-0.3, -0.25) is 4.79 Å². The third-order valence-electron chi connectivity index (χ3n) is 3.06. The maximum Gasteiger partial charge on any atom is 0.255 e. The van der Waals surface area contributed by atoms with Crippen molar-refractivity contribution in [2.75, 3.05) is 18.5 Å². The van der Waals surface area contributed by atoms with Gasteiger partial charge in [0.05, 0.1) is 0 Å². The molecule has 2 aromatic rings. The summed E-state index contributed by atoms with van der Waals surface area (Å²) in [6, 6.07) is 14.2. The topological polar surface area (TPSA) is 47.6 Å². The summed E-state index contributed by atoms with van der Waals surface area (Å²) in [6.07, 6.45) is 1.67. The lowest BCUT2D eigenvalue weighted by Crippen LogP contribution is -2.11. The molecular weight excluding hydrogens is 302 g/mol. The molecule has 0 bridgehead atoms. The molecule has 2 aromatic carbocycles. The fourth-order valence-corrected chi connectivity index (χ4v) is 1.93. The lowest BCUT2D eigenvalue weighted by molar-refractivity contribution is 0.102. The molecule has 0 aliphatic heterocycles. The van der Waals surface area contributed by atoms with Crippen molar-refractivity contribution < 1.29 is 14.3 Å². The van der Waals surface area contributed by atoms with E-state index in [1.807, 2.05) is 25.1 Å². The largest absolute Gasteiger partial charge is 0.489 e. The Labute approximate surface area is 142 Å². The number of rotatable bonds is 8. The Bertz CT molecular complexity index is 720. The Kier molecular flexibility index (Phi) is 6.20. The SMILES string of the molecule is C=CCOc1cccc(NC(=O)c2ccc(OCC(=C)C)cc2)c1. The number of amides is 1. The van der Waals surface area contributed by atoms with Gasteiger partial charge in [0, 0.05) is 17.3 Å². The highest BCUT2D eigenvalue weighted by atomic mass is 16.5. The van der Waals surface area contributed by atoms with Crippen molar-refractivity contribution in [1.82, 2.24) is 0 Å². The quantitative estimate of drug-likeness (QED) is 0.730. The lowest BCUT2D eigenvalue weighted by atomic mass is 10.2. The third kappa shape index (κ3) is 5.32. The van der Waals surface area contributed by atoms with Gasteiger partial charge in [-0.1, -0.05) is 25.3 Å². The Hall–Kier alpha value is -3.01. The fourth-order valence-electron chi connectivity index (χ4n) is 1.93. The highest BCUT2D eigenvalue weighted by molar-refractivity contribution is 6.04. The number of carbonyl (C=O) groups is 1. The predicted molar refractivity (Wildman–Crippen MR) is 96.8 cm³/mol. The second kappa shape index (κ2) is 8.58. The van der Waals surface area contributed by atoms with Crippen molar-refractivity contribution in [3.05, 3.63) is 78.9 Å². The van der Waals surface area contributed by atoms with Gasteiger partial charge < -0.3 is 14.8 Å². The van der Waals surface area contributed by atoms with Gasteiger partial charge in [0.1, 0.15) is 24.7 Å². The number of benzene rings is 2. The van der Waals surface area contributed by atoms with Crippen LogP contribution >= 0.6 is 0 Å². The average Bonchev–Trinajstić information content (AvgIpc) is 2.59. The zero-order valence-electron chi connectivity index (χ0n) is 13.7. The molecule has 24 heavy (non-hydrogen) atoms. The van der Waals surface area contributed by atoms with Crippen molar-refractivity contribution in [3.63, 3.8) is 0 Å². The number of anilines is 1. The zero-order valence-corrected chi connectivity index (χ0v) is 13.7. The van der Waals surface area contributed by atoms with E-state index in [-0.39, 0.29) is 5.91 Å². The molecule has 0 aromatic heterocycles. The number of carbonyl (C=O) groups excluding carboxylic acids is 1. The van der Waals surface area contributed by atoms with E-state index in [0.29, 0.717) is 36.0 Å². The molecule has 0 spiro atoms. The van der Waals surface area contributed by atoms with Gasteiger partial charge in [-0.25, -0.2) is 0 Å². The van der Waals surface area contributed by atoms with Crippen LogP contribution < -0.4 is 14.8 Å². The second-order valence-electron chi connectivity index (χ2n) is 5.35. The summed E-state index contributed by atoms with van der Waals surface area (Å²) < 4.78 is 11.0. The predicted octanol–water partition coefficient (Wildman–Crippen LogP) is 4.46. The van der Waals surface area contributed by atoms with Crippen LogP contribution in [0.25, 0.3) is 0 Å². The number of ether oxygens (including phenoxy) is 2. The molecule has 1 amide bonds. The van der Waals surface area contributed by atoms with Crippen LogP contribution in [0.4, 0.5) is 5.69 Å². The molecule has 0 unspecified atom stereocenters. The van der Waals surface area contributed by atoms with Crippen LogP contribution in [-0.4, -0.2) is 19.1 Å². The zero-order chi connectivity index (χ0) is 17.4. The monoisotopic (exact) mass is 323 g/mol. The highest BCUT2D eigenvalue weighted by Crippen LogP contribution is 2.19. The van der Waals surface area contributed by atoms with Gasteiger partial charge >= 0.3 is 0 Å². The molecule has 0 saturated carbocycles. The maximum atomic E-state index is 12.3. The van der Waals surface area contributed by atoms with E-state index in [0.717, 1.165) is 5.57 Å². The Balaban J connectivity index is 1.99. The molecule has 0 fully saturated rings. The van der Waals surface area contributed by atoms with Crippen LogP contribution in [0.5, 0.6) is 11.5 Å². The van der Waals surface area contributed by atoms with Crippen LogP contribution in [0.1, 0.15) is 17.3 Å². The van der Waals surface area contributed by atoms with Gasteiger partial charge in [0.2, 0.25) is 0 Å². The molecule has 124 valence electrons. The lowest BCUT2D eigenvalue weighted by Gasteiger charge is -2.09. The summed E-state index contributed by atoms with van der Waals surface area (Å²) in [6.45, 7) is 10.2. The first-order valence-corrected chi connectivity index (χ1v) is 7.61.